The predicted molar refractivity (Wildman–Crippen MR) is 88.5 cm³/mol. The first kappa shape index (κ1) is 16.2. The zero-order valence-corrected chi connectivity index (χ0v) is 14.3. The lowest BCUT2D eigenvalue weighted by Crippen LogP contribution is -2.49. The Morgan fingerprint density at radius 3 is 2.83 bits per heavy atom. The average molecular weight is 334 g/mol. The Bertz CT molecular complexity index is 785. The molecule has 0 saturated carbocycles. The van der Waals surface area contributed by atoms with Crippen molar-refractivity contribution in [3.05, 3.63) is 48.0 Å². The van der Waals surface area contributed by atoms with Gasteiger partial charge in [-0.2, -0.15) is 4.31 Å². The molecule has 1 N–H and O–H groups in total. The lowest BCUT2D eigenvalue weighted by molar-refractivity contribution is 0.258. The Labute approximate surface area is 137 Å². The van der Waals surface area contributed by atoms with E-state index in [-0.39, 0.29) is 6.04 Å². The van der Waals surface area contributed by atoms with Crippen molar-refractivity contribution in [2.45, 2.75) is 24.3 Å². The molecule has 0 amide bonds. The van der Waals surface area contributed by atoms with E-state index in [2.05, 4.69) is 10.3 Å². The number of nitrogens with one attached hydrogen (secondary N) is 1. The molecule has 1 fully saturated rings. The maximum absolute atomic E-state index is 13.2. The molecule has 6 nitrogen and oxygen atoms in total. The van der Waals surface area contributed by atoms with Gasteiger partial charge in [0.25, 0.3) is 0 Å². The molecule has 2 aromatic rings. The number of piperazine rings is 1. The van der Waals surface area contributed by atoms with E-state index < -0.39 is 10.0 Å². The molecule has 0 spiro atoms. The lowest BCUT2D eigenvalue weighted by Gasteiger charge is -2.35. The van der Waals surface area contributed by atoms with Crippen LogP contribution >= 0.6 is 0 Å². The highest BCUT2D eigenvalue weighted by Gasteiger charge is 2.37. The fourth-order valence-electron chi connectivity index (χ4n) is 3.07. The van der Waals surface area contributed by atoms with Crippen molar-refractivity contribution in [3.63, 3.8) is 0 Å². The first-order valence-electron chi connectivity index (χ1n) is 7.83. The van der Waals surface area contributed by atoms with Crippen molar-refractivity contribution >= 4 is 10.0 Å². The number of imidazole rings is 1. The van der Waals surface area contributed by atoms with Crippen LogP contribution < -0.4 is 5.32 Å². The van der Waals surface area contributed by atoms with Crippen LogP contribution in [0.1, 0.15) is 24.4 Å². The molecule has 0 radical (unpaired) electrons. The Morgan fingerprint density at radius 1 is 1.35 bits per heavy atom. The van der Waals surface area contributed by atoms with Gasteiger partial charge in [0.1, 0.15) is 5.82 Å². The number of hydrogen-bond donors (Lipinski definition) is 1. The van der Waals surface area contributed by atoms with Crippen LogP contribution in [0.15, 0.2) is 41.6 Å². The van der Waals surface area contributed by atoms with Gasteiger partial charge in [0.2, 0.25) is 10.0 Å². The van der Waals surface area contributed by atoms with Gasteiger partial charge < -0.3 is 9.88 Å². The summed E-state index contributed by atoms with van der Waals surface area (Å²) in [4.78, 5) is 4.76. The van der Waals surface area contributed by atoms with Crippen LogP contribution in [-0.2, 0) is 23.5 Å². The molecule has 1 saturated heterocycles. The van der Waals surface area contributed by atoms with Crippen LogP contribution in [0.2, 0.25) is 0 Å². The van der Waals surface area contributed by atoms with E-state index >= 15 is 0 Å². The van der Waals surface area contributed by atoms with Gasteiger partial charge in [-0.05, 0) is 18.1 Å². The molecule has 3 rings (SSSR count). The summed E-state index contributed by atoms with van der Waals surface area (Å²) in [6.45, 7) is 3.63. The van der Waals surface area contributed by atoms with Gasteiger partial charge in [0.05, 0.1) is 10.9 Å². The molecule has 1 aliphatic heterocycles. The predicted octanol–water partition coefficient (Wildman–Crippen LogP) is 1.32. The summed E-state index contributed by atoms with van der Waals surface area (Å²) in [6.07, 6.45) is 4.23. The highest BCUT2D eigenvalue weighted by Crippen LogP contribution is 2.29. The minimum Gasteiger partial charge on any atom is -0.337 e. The van der Waals surface area contributed by atoms with E-state index in [4.69, 9.17) is 0 Å². The van der Waals surface area contributed by atoms with Gasteiger partial charge in [0, 0.05) is 39.1 Å². The van der Waals surface area contributed by atoms with Crippen molar-refractivity contribution in [2.75, 3.05) is 19.6 Å². The monoisotopic (exact) mass is 334 g/mol. The van der Waals surface area contributed by atoms with Gasteiger partial charge in [-0.1, -0.05) is 25.1 Å². The SMILES string of the molecule is CCc1ccccc1S(=O)(=O)N1CCNCC1c1nccn1C. The van der Waals surface area contributed by atoms with Crippen LogP contribution in [0, 0.1) is 0 Å². The normalized spacial score (nSPS) is 19.8. The molecule has 0 aliphatic carbocycles. The van der Waals surface area contributed by atoms with E-state index in [1.54, 1.807) is 22.6 Å². The zero-order chi connectivity index (χ0) is 16.4. The van der Waals surface area contributed by atoms with E-state index in [9.17, 15) is 8.42 Å². The second-order valence-corrected chi connectivity index (χ2v) is 7.55. The van der Waals surface area contributed by atoms with E-state index in [1.165, 1.54) is 0 Å². The molecule has 2 heterocycles. The van der Waals surface area contributed by atoms with Crippen LogP contribution in [-0.4, -0.2) is 41.9 Å². The Kier molecular flexibility index (Phi) is 4.52. The Morgan fingerprint density at radius 2 is 2.13 bits per heavy atom. The molecule has 1 aromatic carbocycles. The summed E-state index contributed by atoms with van der Waals surface area (Å²) < 4.78 is 30.0. The lowest BCUT2D eigenvalue weighted by atomic mass is 10.2. The molecule has 1 unspecified atom stereocenters. The molecule has 124 valence electrons. The molecule has 7 heteroatoms. The summed E-state index contributed by atoms with van der Waals surface area (Å²) >= 11 is 0. The van der Waals surface area contributed by atoms with Crippen LogP contribution in [0.4, 0.5) is 0 Å². The zero-order valence-electron chi connectivity index (χ0n) is 13.4. The van der Waals surface area contributed by atoms with Crippen LogP contribution in [0.5, 0.6) is 0 Å². The second-order valence-electron chi connectivity index (χ2n) is 5.69. The summed E-state index contributed by atoms with van der Waals surface area (Å²) in [5.74, 6) is 0.759. The van der Waals surface area contributed by atoms with E-state index in [0.717, 1.165) is 11.4 Å². The molecule has 23 heavy (non-hydrogen) atoms. The molecule has 1 aliphatic rings. The Balaban J connectivity index is 2.05. The Hall–Kier alpha value is -1.70. The van der Waals surface area contributed by atoms with Gasteiger partial charge in [0.15, 0.2) is 0 Å². The summed E-state index contributed by atoms with van der Waals surface area (Å²) in [5, 5.41) is 3.27. The van der Waals surface area contributed by atoms with Gasteiger partial charge >= 0.3 is 0 Å². The standard InChI is InChI=1S/C16H22N4O2S/c1-3-13-6-4-5-7-15(13)23(21,22)20-11-8-17-12-14(20)16-18-9-10-19(16)2/h4-7,9-10,14,17H,3,8,11-12H2,1-2H3. The number of sulfonamides is 1. The fraction of sp³-hybridized carbons (Fsp3) is 0.438. The minimum atomic E-state index is -3.56. The fourth-order valence-corrected chi connectivity index (χ4v) is 4.95. The minimum absolute atomic E-state index is 0.293. The first-order chi connectivity index (χ1) is 11.1. The van der Waals surface area contributed by atoms with Crippen molar-refractivity contribution in [2.24, 2.45) is 7.05 Å². The third-order valence-electron chi connectivity index (χ3n) is 4.29. The van der Waals surface area contributed by atoms with E-state index in [1.807, 2.05) is 36.9 Å². The maximum atomic E-state index is 13.2. The van der Waals surface area contributed by atoms with Gasteiger partial charge in [-0.3, -0.25) is 0 Å². The topological polar surface area (TPSA) is 67.2 Å². The maximum Gasteiger partial charge on any atom is 0.244 e. The van der Waals surface area contributed by atoms with Crippen molar-refractivity contribution in [3.8, 4) is 0 Å². The summed E-state index contributed by atoms with van der Waals surface area (Å²) in [6, 6.07) is 6.95. The van der Waals surface area contributed by atoms with Crippen molar-refractivity contribution in [1.82, 2.24) is 19.2 Å². The van der Waals surface area contributed by atoms with Gasteiger partial charge in [-0.15, -0.1) is 0 Å². The third kappa shape index (κ3) is 2.91. The first-order valence-corrected chi connectivity index (χ1v) is 9.27. The molecule has 0 bridgehead atoms. The molecule has 1 atom stereocenters. The third-order valence-corrected chi connectivity index (χ3v) is 6.30. The molecular formula is C16H22N4O2S. The largest absolute Gasteiger partial charge is 0.337 e. The average Bonchev–Trinajstić information content (AvgIpc) is 3.00. The number of hydrogen-bond acceptors (Lipinski definition) is 4. The van der Waals surface area contributed by atoms with E-state index in [0.29, 0.717) is 31.0 Å². The quantitative estimate of drug-likeness (QED) is 0.916. The molecular weight excluding hydrogens is 312 g/mol. The summed E-state index contributed by atoms with van der Waals surface area (Å²) in [7, 11) is -1.67. The molecule has 1 aromatic heterocycles. The highest BCUT2D eigenvalue weighted by atomic mass is 32.2. The second kappa shape index (κ2) is 6.43. The summed E-state index contributed by atoms with van der Waals surface area (Å²) in [5.41, 5.74) is 0.852. The van der Waals surface area contributed by atoms with Crippen LogP contribution in [0.25, 0.3) is 0 Å². The van der Waals surface area contributed by atoms with Crippen LogP contribution in [0.3, 0.4) is 0 Å². The highest BCUT2D eigenvalue weighted by molar-refractivity contribution is 7.89. The van der Waals surface area contributed by atoms with Gasteiger partial charge in [-0.25, -0.2) is 13.4 Å². The number of nitrogens with zero attached hydrogens (tertiary/aromatic N) is 3. The van der Waals surface area contributed by atoms with Crippen molar-refractivity contribution in [1.29, 1.82) is 0 Å². The number of aromatic nitrogens is 2. The number of aryl methyl sites for hydroxylation is 2. The smallest absolute Gasteiger partial charge is 0.244 e. The van der Waals surface area contributed by atoms with Crippen molar-refractivity contribution < 1.29 is 8.42 Å². The number of benzene rings is 1. The number of rotatable bonds is 4.